The Hall–Kier alpha value is -1.88. The molecule has 1 aromatic carbocycles. The monoisotopic (exact) mass is 259 g/mol. The van der Waals surface area contributed by atoms with Crippen LogP contribution < -0.4 is 10.9 Å². The molecule has 1 saturated heterocycles. The lowest BCUT2D eigenvalue weighted by molar-refractivity contribution is 0.0994. The van der Waals surface area contributed by atoms with Crippen molar-refractivity contribution in [1.29, 1.82) is 0 Å². The summed E-state index contributed by atoms with van der Waals surface area (Å²) in [7, 11) is 0. The predicted molar refractivity (Wildman–Crippen MR) is 74.4 cm³/mol. The molecule has 5 nitrogen and oxygen atoms in total. The Balaban J connectivity index is 1.86. The van der Waals surface area contributed by atoms with E-state index in [1.165, 1.54) is 0 Å². The topological polar surface area (TPSA) is 67.0 Å². The van der Waals surface area contributed by atoms with Gasteiger partial charge in [-0.05, 0) is 31.9 Å². The van der Waals surface area contributed by atoms with Crippen LogP contribution in [0.3, 0.4) is 0 Å². The smallest absolute Gasteiger partial charge is 0.260 e. The number of benzene rings is 1. The number of nitrogens with zero attached hydrogens (tertiary/aromatic N) is 1. The lowest BCUT2D eigenvalue weighted by Crippen LogP contribution is -2.31. The van der Waals surface area contributed by atoms with Gasteiger partial charge in [-0.3, -0.25) is 9.78 Å². The minimum atomic E-state index is -0.118. The molecule has 2 heterocycles. The van der Waals surface area contributed by atoms with Crippen molar-refractivity contribution in [3.8, 4) is 0 Å². The summed E-state index contributed by atoms with van der Waals surface area (Å²) in [5.41, 5.74) is 0.584. The highest BCUT2D eigenvalue weighted by molar-refractivity contribution is 5.78. The average Bonchev–Trinajstić information content (AvgIpc) is 2.93. The molecule has 3 rings (SSSR count). The van der Waals surface area contributed by atoms with E-state index in [1.54, 1.807) is 6.07 Å². The fourth-order valence-corrected chi connectivity index (χ4v) is 2.46. The molecule has 1 fully saturated rings. The van der Waals surface area contributed by atoms with Crippen LogP contribution in [0.15, 0.2) is 29.1 Å². The van der Waals surface area contributed by atoms with Crippen LogP contribution in [0.1, 0.15) is 19.8 Å². The summed E-state index contributed by atoms with van der Waals surface area (Å²) in [4.78, 5) is 19.1. The molecule has 0 bridgehead atoms. The average molecular weight is 259 g/mol. The van der Waals surface area contributed by atoms with Gasteiger partial charge in [-0.1, -0.05) is 12.1 Å². The second-order valence-corrected chi connectivity index (χ2v) is 4.92. The number of nitrogens with one attached hydrogen (secondary N) is 2. The highest BCUT2D eigenvalue weighted by atomic mass is 16.5. The van der Waals surface area contributed by atoms with E-state index in [-0.39, 0.29) is 17.7 Å². The van der Waals surface area contributed by atoms with Crippen molar-refractivity contribution in [3.63, 3.8) is 0 Å². The predicted octanol–water partition coefficient (Wildman–Crippen LogP) is 1.90. The highest BCUT2D eigenvalue weighted by Crippen LogP contribution is 2.18. The third kappa shape index (κ3) is 2.46. The molecule has 0 spiro atoms. The summed E-state index contributed by atoms with van der Waals surface area (Å²) in [5, 5.41) is 3.83. The first-order valence-electron chi connectivity index (χ1n) is 6.61. The molecule has 2 N–H and O–H groups in total. The van der Waals surface area contributed by atoms with E-state index in [2.05, 4.69) is 15.3 Å². The number of hydrogen-bond acceptors (Lipinski definition) is 4. The third-order valence-corrected chi connectivity index (χ3v) is 3.50. The van der Waals surface area contributed by atoms with Crippen LogP contribution in [0.4, 0.5) is 5.95 Å². The minimum Gasteiger partial charge on any atom is -0.376 e. The molecule has 0 unspecified atom stereocenters. The Bertz CT molecular complexity index is 632. The van der Waals surface area contributed by atoms with Gasteiger partial charge in [-0.2, -0.15) is 0 Å². The van der Waals surface area contributed by atoms with Crippen LogP contribution in [0.2, 0.25) is 0 Å². The maximum absolute atomic E-state index is 11.9. The summed E-state index contributed by atoms with van der Waals surface area (Å²) in [5.74, 6) is 0.506. The Morgan fingerprint density at radius 3 is 3.11 bits per heavy atom. The Labute approximate surface area is 111 Å². The standard InChI is InChI=1S/C14H17N3O2/c1-9(12-7-4-8-19-12)15-14-16-11-6-3-2-5-10(11)13(18)17-14/h2-3,5-6,9,12H,4,7-8H2,1H3,(H2,15,16,17,18)/t9-,12+/m0/s1. The normalized spacial score (nSPS) is 20.6. The Morgan fingerprint density at radius 1 is 1.47 bits per heavy atom. The highest BCUT2D eigenvalue weighted by Gasteiger charge is 2.22. The summed E-state index contributed by atoms with van der Waals surface area (Å²) in [6.07, 6.45) is 2.33. The van der Waals surface area contributed by atoms with Crippen molar-refractivity contribution in [3.05, 3.63) is 34.6 Å². The van der Waals surface area contributed by atoms with Crippen LogP contribution in [0.25, 0.3) is 10.9 Å². The van der Waals surface area contributed by atoms with E-state index in [1.807, 2.05) is 25.1 Å². The molecule has 1 aromatic heterocycles. The van der Waals surface area contributed by atoms with Crippen LogP contribution in [0.5, 0.6) is 0 Å². The molecule has 5 heteroatoms. The molecule has 19 heavy (non-hydrogen) atoms. The minimum absolute atomic E-state index is 0.118. The lowest BCUT2D eigenvalue weighted by atomic mass is 10.1. The zero-order valence-corrected chi connectivity index (χ0v) is 10.8. The van der Waals surface area contributed by atoms with Crippen molar-refractivity contribution in [2.75, 3.05) is 11.9 Å². The molecule has 0 radical (unpaired) electrons. The van der Waals surface area contributed by atoms with E-state index in [0.717, 1.165) is 19.4 Å². The third-order valence-electron chi connectivity index (χ3n) is 3.50. The molecule has 0 amide bonds. The quantitative estimate of drug-likeness (QED) is 0.883. The number of aromatic nitrogens is 2. The number of ether oxygens (including phenoxy) is 1. The van der Waals surface area contributed by atoms with Gasteiger partial charge in [0, 0.05) is 6.61 Å². The number of aromatic amines is 1. The summed E-state index contributed by atoms with van der Waals surface area (Å²) in [6, 6.07) is 7.46. The SMILES string of the molecule is C[C@H](Nc1nc2ccccc2c(=O)[nH]1)[C@H]1CCCO1. The molecule has 2 atom stereocenters. The van der Waals surface area contributed by atoms with E-state index in [9.17, 15) is 4.79 Å². The second kappa shape index (κ2) is 5.01. The fourth-order valence-electron chi connectivity index (χ4n) is 2.46. The Kier molecular flexibility index (Phi) is 3.21. The number of H-pyrrole nitrogens is 1. The van der Waals surface area contributed by atoms with Gasteiger partial charge in [0.05, 0.1) is 23.0 Å². The van der Waals surface area contributed by atoms with Gasteiger partial charge in [0.2, 0.25) is 5.95 Å². The van der Waals surface area contributed by atoms with Gasteiger partial charge >= 0.3 is 0 Å². The molecule has 2 aromatic rings. The van der Waals surface area contributed by atoms with Gasteiger partial charge in [0.15, 0.2) is 0 Å². The fraction of sp³-hybridized carbons (Fsp3) is 0.429. The molecule has 0 saturated carbocycles. The van der Waals surface area contributed by atoms with E-state index >= 15 is 0 Å². The van der Waals surface area contributed by atoms with E-state index in [0.29, 0.717) is 16.9 Å². The van der Waals surface area contributed by atoms with Crippen LogP contribution in [0, 0.1) is 0 Å². The maximum Gasteiger partial charge on any atom is 0.260 e. The second-order valence-electron chi connectivity index (χ2n) is 4.92. The zero-order chi connectivity index (χ0) is 13.2. The largest absolute Gasteiger partial charge is 0.376 e. The maximum atomic E-state index is 11.9. The van der Waals surface area contributed by atoms with Gasteiger partial charge in [-0.25, -0.2) is 4.98 Å². The summed E-state index contributed by atoms with van der Waals surface area (Å²) in [6.45, 7) is 2.86. The van der Waals surface area contributed by atoms with Gasteiger partial charge in [0.25, 0.3) is 5.56 Å². The number of fused-ring (bicyclic) bond motifs is 1. The van der Waals surface area contributed by atoms with Crippen molar-refractivity contribution in [2.24, 2.45) is 0 Å². The van der Waals surface area contributed by atoms with Crippen LogP contribution in [-0.2, 0) is 4.74 Å². The van der Waals surface area contributed by atoms with E-state index < -0.39 is 0 Å². The first-order chi connectivity index (χ1) is 9.24. The summed E-state index contributed by atoms with van der Waals surface area (Å²) >= 11 is 0. The van der Waals surface area contributed by atoms with Gasteiger partial charge < -0.3 is 10.1 Å². The van der Waals surface area contributed by atoms with Crippen molar-refractivity contribution < 1.29 is 4.74 Å². The number of hydrogen-bond donors (Lipinski definition) is 2. The Morgan fingerprint density at radius 2 is 2.32 bits per heavy atom. The van der Waals surface area contributed by atoms with Crippen LogP contribution in [-0.4, -0.2) is 28.7 Å². The lowest BCUT2D eigenvalue weighted by Gasteiger charge is -2.20. The van der Waals surface area contributed by atoms with Crippen molar-refractivity contribution in [1.82, 2.24) is 9.97 Å². The van der Waals surface area contributed by atoms with Crippen molar-refractivity contribution in [2.45, 2.75) is 31.9 Å². The van der Waals surface area contributed by atoms with Crippen LogP contribution >= 0.6 is 0 Å². The van der Waals surface area contributed by atoms with Gasteiger partial charge in [-0.15, -0.1) is 0 Å². The number of para-hydroxylation sites is 1. The van der Waals surface area contributed by atoms with E-state index in [4.69, 9.17) is 4.74 Å². The molecule has 1 aliphatic rings. The molecule has 0 aliphatic carbocycles. The molecule has 1 aliphatic heterocycles. The first kappa shape index (κ1) is 12.2. The number of rotatable bonds is 3. The first-order valence-corrected chi connectivity index (χ1v) is 6.61. The van der Waals surface area contributed by atoms with Gasteiger partial charge in [0.1, 0.15) is 0 Å². The number of anilines is 1. The molecule has 100 valence electrons. The molecular formula is C14H17N3O2. The molecular weight excluding hydrogens is 242 g/mol. The zero-order valence-electron chi connectivity index (χ0n) is 10.8. The summed E-state index contributed by atoms with van der Waals surface area (Å²) < 4.78 is 5.62. The van der Waals surface area contributed by atoms with Crippen molar-refractivity contribution >= 4 is 16.9 Å².